The van der Waals surface area contributed by atoms with Gasteiger partial charge in [-0.25, -0.2) is 0 Å². The molecule has 19 heavy (non-hydrogen) atoms. The van der Waals surface area contributed by atoms with Gasteiger partial charge >= 0.3 is 5.97 Å². The SMILES string of the molecule is CCC(C(=O)O)N(C)C.CCC(C(=O)[O-])[N+](C)(C)C. The van der Waals surface area contributed by atoms with Crippen LogP contribution in [0.3, 0.4) is 0 Å². The fraction of sp³-hybridized carbons (Fsp3) is 0.846. The molecule has 0 bridgehead atoms. The molecular formula is C13H28N2O4. The molecule has 0 spiro atoms. The van der Waals surface area contributed by atoms with Crippen LogP contribution in [-0.2, 0) is 9.59 Å². The minimum Gasteiger partial charge on any atom is -0.544 e. The van der Waals surface area contributed by atoms with Crippen LogP contribution in [0.2, 0.25) is 0 Å². The van der Waals surface area contributed by atoms with Crippen LogP contribution in [-0.4, -0.2) is 73.8 Å². The van der Waals surface area contributed by atoms with Gasteiger partial charge in [0.15, 0.2) is 0 Å². The molecule has 2 atom stereocenters. The van der Waals surface area contributed by atoms with Crippen molar-refractivity contribution in [2.45, 2.75) is 38.8 Å². The predicted molar refractivity (Wildman–Crippen MR) is 72.5 cm³/mol. The Bertz CT molecular complexity index is 285. The molecule has 0 radical (unpaired) electrons. The van der Waals surface area contributed by atoms with Crippen LogP contribution in [0.1, 0.15) is 26.7 Å². The molecule has 0 aromatic carbocycles. The Kier molecular flexibility index (Phi) is 9.43. The summed E-state index contributed by atoms with van der Waals surface area (Å²) < 4.78 is 0.429. The summed E-state index contributed by atoms with van der Waals surface area (Å²) >= 11 is 0. The Morgan fingerprint density at radius 1 is 1.16 bits per heavy atom. The molecule has 0 aliphatic heterocycles. The van der Waals surface area contributed by atoms with Gasteiger partial charge in [-0.2, -0.15) is 0 Å². The highest BCUT2D eigenvalue weighted by atomic mass is 16.4. The van der Waals surface area contributed by atoms with Crippen molar-refractivity contribution in [3.8, 4) is 0 Å². The minimum atomic E-state index is -0.963. The maximum atomic E-state index is 10.5. The molecule has 0 aliphatic carbocycles. The van der Waals surface area contributed by atoms with Gasteiger partial charge in [0.2, 0.25) is 0 Å². The van der Waals surface area contributed by atoms with Gasteiger partial charge in [-0.05, 0) is 20.5 Å². The highest BCUT2D eigenvalue weighted by Gasteiger charge is 2.22. The van der Waals surface area contributed by atoms with Crippen LogP contribution >= 0.6 is 0 Å². The molecule has 0 aromatic rings. The van der Waals surface area contributed by atoms with Crippen molar-refractivity contribution in [2.75, 3.05) is 35.2 Å². The van der Waals surface area contributed by atoms with E-state index >= 15 is 0 Å². The van der Waals surface area contributed by atoms with E-state index in [1.54, 1.807) is 19.0 Å². The summed E-state index contributed by atoms with van der Waals surface area (Å²) in [6, 6.07) is -0.718. The van der Waals surface area contributed by atoms with Crippen LogP contribution in [0.15, 0.2) is 0 Å². The van der Waals surface area contributed by atoms with Crippen molar-refractivity contribution < 1.29 is 24.3 Å². The van der Waals surface area contributed by atoms with E-state index in [4.69, 9.17) is 5.11 Å². The third-order valence-electron chi connectivity index (χ3n) is 2.89. The number of aliphatic carboxylic acids is 2. The zero-order chi connectivity index (χ0) is 15.8. The van der Waals surface area contributed by atoms with E-state index in [9.17, 15) is 14.7 Å². The second kappa shape index (κ2) is 8.87. The Balaban J connectivity index is 0. The third kappa shape index (κ3) is 8.56. The number of likely N-dealkylation sites (N-methyl/N-ethyl adjacent to an activating group) is 2. The normalized spacial score (nSPS) is 14.3. The lowest BCUT2D eigenvalue weighted by atomic mass is 10.2. The lowest BCUT2D eigenvalue weighted by Gasteiger charge is -2.33. The first-order valence-corrected chi connectivity index (χ1v) is 6.40. The number of carbonyl (C=O) groups excluding carboxylic acids is 1. The van der Waals surface area contributed by atoms with Gasteiger partial charge in [-0.15, -0.1) is 0 Å². The molecular weight excluding hydrogens is 248 g/mol. The maximum absolute atomic E-state index is 10.5. The summed E-state index contributed by atoms with van der Waals surface area (Å²) in [6.07, 6.45) is 1.27. The van der Waals surface area contributed by atoms with Gasteiger partial charge < -0.3 is 19.5 Å². The maximum Gasteiger partial charge on any atom is 0.320 e. The van der Waals surface area contributed by atoms with Gasteiger partial charge in [-0.1, -0.05) is 13.8 Å². The van der Waals surface area contributed by atoms with Gasteiger partial charge in [-0.3, -0.25) is 9.69 Å². The number of carbonyl (C=O) groups is 2. The number of carboxylic acid groups (broad SMARTS) is 2. The molecule has 0 saturated carbocycles. The number of quaternary nitrogens is 1. The first-order chi connectivity index (χ1) is 8.48. The van der Waals surface area contributed by atoms with Gasteiger partial charge in [0, 0.05) is 6.42 Å². The highest BCUT2D eigenvalue weighted by Crippen LogP contribution is 2.05. The van der Waals surface area contributed by atoms with E-state index in [1.807, 2.05) is 35.0 Å². The largest absolute Gasteiger partial charge is 0.544 e. The highest BCUT2D eigenvalue weighted by molar-refractivity contribution is 5.73. The number of rotatable bonds is 6. The molecule has 6 nitrogen and oxygen atoms in total. The van der Waals surface area contributed by atoms with E-state index in [1.165, 1.54) is 0 Å². The smallest absolute Gasteiger partial charge is 0.320 e. The number of hydrogen-bond donors (Lipinski definition) is 1. The average Bonchev–Trinajstić information content (AvgIpc) is 2.15. The molecule has 0 rings (SSSR count). The summed E-state index contributed by atoms with van der Waals surface area (Å²) in [6.45, 7) is 3.71. The van der Waals surface area contributed by atoms with Crippen LogP contribution in [0.5, 0.6) is 0 Å². The van der Waals surface area contributed by atoms with Crippen LogP contribution in [0.4, 0.5) is 0 Å². The van der Waals surface area contributed by atoms with Crippen molar-refractivity contribution in [1.29, 1.82) is 0 Å². The standard InChI is InChI=1S/C7H15NO2.C6H13NO2/c1-5-6(7(9)10)8(2,3)4;1-4-5(6(8)9)7(2)3/h6H,5H2,1-4H3;5H,4H2,1-3H3,(H,8,9). The average molecular weight is 276 g/mol. The van der Waals surface area contributed by atoms with E-state index in [2.05, 4.69) is 0 Å². The van der Waals surface area contributed by atoms with Crippen molar-refractivity contribution in [2.24, 2.45) is 0 Å². The molecule has 0 amide bonds. The third-order valence-corrected chi connectivity index (χ3v) is 2.89. The lowest BCUT2D eigenvalue weighted by Crippen LogP contribution is -2.54. The second-order valence-corrected chi connectivity index (χ2v) is 5.59. The Morgan fingerprint density at radius 2 is 1.58 bits per heavy atom. The van der Waals surface area contributed by atoms with Crippen LogP contribution < -0.4 is 5.11 Å². The monoisotopic (exact) mass is 276 g/mol. The van der Waals surface area contributed by atoms with Crippen molar-refractivity contribution >= 4 is 11.9 Å². The zero-order valence-electron chi connectivity index (χ0n) is 13.1. The first-order valence-electron chi connectivity index (χ1n) is 6.40. The van der Waals surface area contributed by atoms with Crippen LogP contribution in [0, 0.1) is 0 Å². The Hall–Kier alpha value is -1.14. The second-order valence-electron chi connectivity index (χ2n) is 5.59. The lowest BCUT2D eigenvalue weighted by molar-refractivity contribution is -0.889. The fourth-order valence-electron chi connectivity index (χ4n) is 1.79. The first kappa shape index (κ1) is 20.2. The summed E-state index contributed by atoms with van der Waals surface area (Å²) in [5.41, 5.74) is 0. The van der Waals surface area contributed by atoms with E-state index in [0.29, 0.717) is 17.3 Å². The summed E-state index contributed by atoms with van der Waals surface area (Å²) in [4.78, 5) is 22.5. The number of carboxylic acids is 2. The molecule has 1 N–H and O–H groups in total. The minimum absolute atomic E-state index is 0.329. The number of nitrogens with zero attached hydrogens (tertiary/aromatic N) is 2. The van der Waals surface area contributed by atoms with Crippen molar-refractivity contribution in [1.82, 2.24) is 4.90 Å². The molecule has 6 heteroatoms. The van der Waals surface area contributed by atoms with Crippen molar-refractivity contribution in [3.05, 3.63) is 0 Å². The molecule has 0 aromatic heterocycles. The molecule has 0 aliphatic rings. The van der Waals surface area contributed by atoms with Gasteiger partial charge in [0.1, 0.15) is 12.1 Å². The predicted octanol–water partition coefficient (Wildman–Crippen LogP) is -0.368. The zero-order valence-corrected chi connectivity index (χ0v) is 13.1. The Morgan fingerprint density at radius 3 is 1.58 bits per heavy atom. The van der Waals surface area contributed by atoms with Crippen LogP contribution in [0.25, 0.3) is 0 Å². The van der Waals surface area contributed by atoms with Gasteiger partial charge in [0.05, 0.1) is 27.1 Å². The van der Waals surface area contributed by atoms with E-state index < -0.39 is 11.9 Å². The molecule has 2 unspecified atom stereocenters. The fourth-order valence-corrected chi connectivity index (χ4v) is 1.79. The topological polar surface area (TPSA) is 80.7 Å². The molecule has 0 saturated heterocycles. The number of hydrogen-bond acceptors (Lipinski definition) is 4. The molecule has 114 valence electrons. The molecule has 0 fully saturated rings. The van der Waals surface area contributed by atoms with Gasteiger partial charge in [0.25, 0.3) is 0 Å². The van der Waals surface area contributed by atoms with Crippen molar-refractivity contribution in [3.63, 3.8) is 0 Å². The Labute approximate surface area is 116 Å². The molecule has 0 heterocycles. The summed E-state index contributed by atoms with van der Waals surface area (Å²) in [7, 11) is 9.09. The van der Waals surface area contributed by atoms with E-state index in [0.717, 1.165) is 0 Å². The quantitative estimate of drug-likeness (QED) is 0.670. The van der Waals surface area contributed by atoms with E-state index in [-0.39, 0.29) is 12.1 Å². The summed E-state index contributed by atoms with van der Waals surface area (Å²) in [5.74, 6) is -1.71. The summed E-state index contributed by atoms with van der Waals surface area (Å²) in [5, 5.41) is 19.0.